The van der Waals surface area contributed by atoms with Gasteiger partial charge in [-0.25, -0.2) is 0 Å². The van der Waals surface area contributed by atoms with Gasteiger partial charge in [0.2, 0.25) is 0 Å². The fraction of sp³-hybridized carbons (Fsp3) is 0.214. The van der Waals surface area contributed by atoms with Crippen LogP contribution in [0.3, 0.4) is 0 Å². The predicted molar refractivity (Wildman–Crippen MR) is 77.4 cm³/mol. The summed E-state index contributed by atoms with van der Waals surface area (Å²) >= 11 is 3.06. The summed E-state index contributed by atoms with van der Waals surface area (Å²) in [6, 6.07) is 3.91. The molecule has 0 bridgehead atoms. The number of hydrogen-bond acceptors (Lipinski definition) is 5. The first-order valence-corrected chi connectivity index (χ1v) is 7.41. The predicted octanol–water partition coefficient (Wildman–Crippen LogP) is 3.49. The molecule has 0 aliphatic rings. The van der Waals surface area contributed by atoms with Crippen molar-refractivity contribution < 1.29 is 14.6 Å². The Morgan fingerprint density at radius 2 is 2.32 bits per heavy atom. The highest BCUT2D eigenvalue weighted by molar-refractivity contribution is 7.20. The van der Waals surface area contributed by atoms with Crippen molar-refractivity contribution >= 4 is 28.6 Å². The van der Waals surface area contributed by atoms with Gasteiger partial charge in [-0.15, -0.1) is 22.7 Å². The molecule has 3 nitrogen and oxygen atoms in total. The van der Waals surface area contributed by atoms with Crippen LogP contribution in [0.2, 0.25) is 0 Å². The van der Waals surface area contributed by atoms with Gasteiger partial charge < -0.3 is 9.84 Å². The fourth-order valence-corrected chi connectivity index (χ4v) is 3.19. The summed E-state index contributed by atoms with van der Waals surface area (Å²) in [5.74, 6) is 5.70. The van der Waals surface area contributed by atoms with Crippen molar-refractivity contribution in [2.75, 3.05) is 6.61 Å². The summed E-state index contributed by atoms with van der Waals surface area (Å²) in [6.45, 7) is 1.65. The molecule has 2 rings (SSSR count). The zero-order valence-electron chi connectivity index (χ0n) is 10.3. The van der Waals surface area contributed by atoms with Gasteiger partial charge in [-0.1, -0.05) is 17.9 Å². The summed E-state index contributed by atoms with van der Waals surface area (Å²) in [7, 11) is 0. The molecule has 0 aliphatic carbocycles. The standard InChI is InChI=1S/C14H12O3S2/c1-10(15)17-7-3-2-5-11-9-19-14(13(11)16)12-6-4-8-18-12/h4,6,8-9,16H,3,7H2,1H3. The monoisotopic (exact) mass is 292 g/mol. The minimum Gasteiger partial charge on any atom is -0.505 e. The van der Waals surface area contributed by atoms with Gasteiger partial charge in [-0.3, -0.25) is 4.79 Å². The Morgan fingerprint density at radius 3 is 3.00 bits per heavy atom. The highest BCUT2D eigenvalue weighted by Gasteiger charge is 2.11. The topological polar surface area (TPSA) is 46.5 Å². The molecule has 1 N–H and O–H groups in total. The van der Waals surface area contributed by atoms with Crippen LogP contribution in [0.25, 0.3) is 9.75 Å². The maximum Gasteiger partial charge on any atom is 0.302 e. The molecule has 19 heavy (non-hydrogen) atoms. The van der Waals surface area contributed by atoms with Gasteiger partial charge in [-0.05, 0) is 11.4 Å². The van der Waals surface area contributed by atoms with Gasteiger partial charge >= 0.3 is 5.97 Å². The number of aromatic hydroxyl groups is 1. The van der Waals surface area contributed by atoms with Crippen molar-refractivity contribution in [3.63, 3.8) is 0 Å². The van der Waals surface area contributed by atoms with Crippen LogP contribution in [0, 0.1) is 11.8 Å². The van der Waals surface area contributed by atoms with E-state index in [0.29, 0.717) is 12.0 Å². The lowest BCUT2D eigenvalue weighted by molar-refractivity contribution is -0.140. The molecule has 2 aromatic heterocycles. The maximum atomic E-state index is 10.6. The first-order valence-electron chi connectivity index (χ1n) is 5.65. The molecule has 2 aromatic rings. The highest BCUT2D eigenvalue weighted by Crippen LogP contribution is 2.39. The molecule has 0 aromatic carbocycles. The van der Waals surface area contributed by atoms with Gasteiger partial charge in [-0.2, -0.15) is 0 Å². The molecule has 0 saturated heterocycles. The molecule has 0 spiro atoms. The lowest BCUT2D eigenvalue weighted by Gasteiger charge is -1.95. The number of carbonyl (C=O) groups is 1. The number of hydrogen-bond donors (Lipinski definition) is 1. The van der Waals surface area contributed by atoms with E-state index in [1.165, 1.54) is 18.3 Å². The number of rotatable bonds is 3. The molecule has 0 radical (unpaired) electrons. The van der Waals surface area contributed by atoms with Gasteiger partial charge in [0.25, 0.3) is 0 Å². The van der Waals surface area contributed by atoms with E-state index in [1.54, 1.807) is 11.3 Å². The van der Waals surface area contributed by atoms with E-state index in [9.17, 15) is 9.90 Å². The Balaban J connectivity index is 2.03. The third kappa shape index (κ3) is 3.60. The Bertz CT molecular complexity index is 615. The summed E-state index contributed by atoms with van der Waals surface area (Å²) in [5.41, 5.74) is 0.622. The van der Waals surface area contributed by atoms with E-state index in [0.717, 1.165) is 9.75 Å². The summed E-state index contributed by atoms with van der Waals surface area (Å²) in [6.07, 6.45) is 0.462. The minimum atomic E-state index is -0.305. The smallest absolute Gasteiger partial charge is 0.302 e. The van der Waals surface area contributed by atoms with Crippen LogP contribution in [0.1, 0.15) is 18.9 Å². The summed E-state index contributed by atoms with van der Waals surface area (Å²) in [4.78, 5) is 12.4. The Kier molecular flexibility index (Phi) is 4.61. The lowest BCUT2D eigenvalue weighted by Crippen LogP contribution is -1.98. The lowest BCUT2D eigenvalue weighted by atomic mass is 10.2. The fourth-order valence-electron chi connectivity index (χ4n) is 1.43. The second kappa shape index (κ2) is 6.41. The zero-order valence-corrected chi connectivity index (χ0v) is 11.9. The van der Waals surface area contributed by atoms with E-state index in [1.807, 2.05) is 22.9 Å². The van der Waals surface area contributed by atoms with Crippen LogP contribution in [0.15, 0.2) is 22.9 Å². The first-order chi connectivity index (χ1) is 9.18. The second-order valence-corrected chi connectivity index (χ2v) is 5.52. The highest BCUT2D eigenvalue weighted by atomic mass is 32.1. The number of ether oxygens (including phenoxy) is 1. The van der Waals surface area contributed by atoms with Crippen molar-refractivity contribution in [2.24, 2.45) is 0 Å². The van der Waals surface area contributed by atoms with E-state index < -0.39 is 0 Å². The van der Waals surface area contributed by atoms with Crippen molar-refractivity contribution in [3.8, 4) is 27.3 Å². The molecule has 0 aliphatic heterocycles. The van der Waals surface area contributed by atoms with Crippen LogP contribution in [0.5, 0.6) is 5.75 Å². The molecular formula is C14H12O3S2. The molecule has 2 heterocycles. The van der Waals surface area contributed by atoms with Gasteiger partial charge in [0, 0.05) is 23.6 Å². The summed E-state index contributed by atoms with van der Waals surface area (Å²) in [5, 5.41) is 13.9. The normalized spacial score (nSPS) is 9.74. The van der Waals surface area contributed by atoms with Crippen molar-refractivity contribution in [1.82, 2.24) is 0 Å². The van der Waals surface area contributed by atoms with E-state index in [2.05, 4.69) is 11.8 Å². The number of carbonyl (C=O) groups excluding carboxylic acids is 1. The molecule has 0 saturated carbocycles. The summed E-state index contributed by atoms with van der Waals surface area (Å²) < 4.78 is 4.77. The SMILES string of the molecule is CC(=O)OCCC#Cc1csc(-c2cccs2)c1O. The molecule has 98 valence electrons. The first kappa shape index (κ1) is 13.7. The third-order valence-electron chi connectivity index (χ3n) is 2.27. The minimum absolute atomic E-state index is 0.229. The molecule has 0 fully saturated rings. The maximum absolute atomic E-state index is 10.6. The average Bonchev–Trinajstić information content (AvgIpc) is 2.99. The number of thiophene rings is 2. The van der Waals surface area contributed by atoms with Crippen LogP contribution in [-0.2, 0) is 9.53 Å². The molecule has 5 heteroatoms. The van der Waals surface area contributed by atoms with E-state index in [-0.39, 0.29) is 18.3 Å². The average molecular weight is 292 g/mol. The van der Waals surface area contributed by atoms with Crippen molar-refractivity contribution in [3.05, 3.63) is 28.5 Å². The van der Waals surface area contributed by atoms with E-state index in [4.69, 9.17) is 4.74 Å². The van der Waals surface area contributed by atoms with Crippen molar-refractivity contribution in [1.29, 1.82) is 0 Å². The van der Waals surface area contributed by atoms with Gasteiger partial charge in [0.05, 0.1) is 10.4 Å². The van der Waals surface area contributed by atoms with Crippen LogP contribution in [-0.4, -0.2) is 17.7 Å². The molecular weight excluding hydrogens is 280 g/mol. The van der Waals surface area contributed by atoms with Gasteiger partial charge in [0.15, 0.2) is 5.75 Å². The van der Waals surface area contributed by atoms with Crippen LogP contribution >= 0.6 is 22.7 Å². The van der Waals surface area contributed by atoms with Crippen molar-refractivity contribution in [2.45, 2.75) is 13.3 Å². The number of esters is 1. The van der Waals surface area contributed by atoms with Crippen LogP contribution < -0.4 is 0 Å². The van der Waals surface area contributed by atoms with Gasteiger partial charge in [0.1, 0.15) is 6.61 Å². The van der Waals surface area contributed by atoms with Crippen LogP contribution in [0.4, 0.5) is 0 Å². The quantitative estimate of drug-likeness (QED) is 0.535. The Labute approximate surface area is 119 Å². The third-order valence-corrected chi connectivity index (χ3v) is 4.28. The largest absolute Gasteiger partial charge is 0.505 e. The Hall–Kier alpha value is -1.77. The Morgan fingerprint density at radius 1 is 1.47 bits per heavy atom. The zero-order chi connectivity index (χ0) is 13.7. The molecule has 0 atom stereocenters. The molecule has 0 amide bonds. The second-order valence-electron chi connectivity index (χ2n) is 3.70. The molecule has 0 unspecified atom stereocenters. The van der Waals surface area contributed by atoms with E-state index >= 15 is 0 Å².